The maximum atomic E-state index is 9.52. The first-order valence-electron chi connectivity index (χ1n) is 5.07. The van der Waals surface area contributed by atoms with Crippen molar-refractivity contribution < 1.29 is 5.11 Å². The molecular formula is C12H13BrN2O. The molecule has 1 heterocycles. The molecule has 84 valence electrons. The summed E-state index contributed by atoms with van der Waals surface area (Å²) in [5.74, 6) is 0. The molecule has 0 saturated carbocycles. The van der Waals surface area contributed by atoms with Gasteiger partial charge in [-0.25, -0.2) is 4.68 Å². The molecule has 2 rings (SSSR count). The van der Waals surface area contributed by atoms with Crippen LogP contribution in [0.1, 0.15) is 24.2 Å². The Morgan fingerprint density at radius 2 is 2.19 bits per heavy atom. The topological polar surface area (TPSA) is 38.0 Å². The number of aromatic nitrogens is 2. The lowest BCUT2D eigenvalue weighted by Crippen LogP contribution is -1.97. The average Bonchev–Trinajstić information content (AvgIpc) is 2.64. The number of aryl methyl sites for hydroxylation is 1. The molecule has 0 amide bonds. The summed E-state index contributed by atoms with van der Waals surface area (Å²) in [6.45, 7) is 3.75. The Kier molecular flexibility index (Phi) is 3.12. The van der Waals surface area contributed by atoms with Crippen LogP contribution in [0, 0.1) is 6.92 Å². The largest absolute Gasteiger partial charge is 0.389 e. The molecule has 0 aliphatic rings. The third-order valence-corrected chi connectivity index (χ3v) is 3.10. The molecule has 0 saturated heterocycles. The second-order valence-corrected chi connectivity index (χ2v) is 4.70. The van der Waals surface area contributed by atoms with Crippen molar-refractivity contribution in [3.63, 3.8) is 0 Å². The Morgan fingerprint density at radius 3 is 2.69 bits per heavy atom. The van der Waals surface area contributed by atoms with E-state index in [-0.39, 0.29) is 0 Å². The van der Waals surface area contributed by atoms with E-state index in [1.807, 2.05) is 42.2 Å². The van der Waals surface area contributed by atoms with Crippen LogP contribution in [-0.4, -0.2) is 14.9 Å². The molecule has 16 heavy (non-hydrogen) atoms. The van der Waals surface area contributed by atoms with Crippen molar-refractivity contribution in [1.29, 1.82) is 0 Å². The highest BCUT2D eigenvalue weighted by atomic mass is 79.9. The van der Waals surface area contributed by atoms with Crippen molar-refractivity contribution in [2.75, 3.05) is 0 Å². The lowest BCUT2D eigenvalue weighted by molar-refractivity contribution is 0.198. The van der Waals surface area contributed by atoms with Gasteiger partial charge in [-0.1, -0.05) is 22.0 Å². The van der Waals surface area contributed by atoms with Crippen LogP contribution in [0.15, 0.2) is 35.1 Å². The number of rotatable bonds is 2. The third-order valence-electron chi connectivity index (χ3n) is 2.41. The fourth-order valence-electron chi connectivity index (χ4n) is 1.55. The van der Waals surface area contributed by atoms with Crippen molar-refractivity contribution in [2.24, 2.45) is 0 Å². The summed E-state index contributed by atoms with van der Waals surface area (Å²) < 4.78 is 2.71. The summed E-state index contributed by atoms with van der Waals surface area (Å²) in [6.07, 6.45) is 3.31. The molecule has 3 nitrogen and oxygen atoms in total. The van der Waals surface area contributed by atoms with E-state index in [1.165, 1.54) is 0 Å². The first-order valence-corrected chi connectivity index (χ1v) is 5.86. The monoisotopic (exact) mass is 280 g/mol. The van der Waals surface area contributed by atoms with E-state index in [2.05, 4.69) is 21.0 Å². The van der Waals surface area contributed by atoms with Gasteiger partial charge in [-0.2, -0.15) is 5.10 Å². The van der Waals surface area contributed by atoms with Crippen molar-refractivity contribution >= 4 is 15.9 Å². The Bertz CT molecular complexity index is 505. The van der Waals surface area contributed by atoms with Crippen LogP contribution >= 0.6 is 15.9 Å². The van der Waals surface area contributed by atoms with Crippen molar-refractivity contribution in [2.45, 2.75) is 20.0 Å². The molecule has 0 fully saturated rings. The molecule has 0 unspecified atom stereocenters. The highest BCUT2D eigenvalue weighted by Crippen LogP contribution is 2.25. The molecule has 1 aromatic carbocycles. The normalized spacial score (nSPS) is 12.8. The second kappa shape index (κ2) is 4.39. The molecular weight excluding hydrogens is 268 g/mol. The zero-order valence-corrected chi connectivity index (χ0v) is 10.8. The number of halogens is 1. The van der Waals surface area contributed by atoms with Crippen LogP contribution in [0.2, 0.25) is 0 Å². The van der Waals surface area contributed by atoms with Crippen LogP contribution in [0.5, 0.6) is 0 Å². The van der Waals surface area contributed by atoms with Gasteiger partial charge in [0.1, 0.15) is 0 Å². The first-order chi connectivity index (χ1) is 7.58. The van der Waals surface area contributed by atoms with E-state index in [4.69, 9.17) is 0 Å². The number of benzene rings is 1. The Labute approximate surface area is 103 Å². The van der Waals surface area contributed by atoms with Gasteiger partial charge in [0.05, 0.1) is 18.0 Å². The molecule has 1 aromatic heterocycles. The molecule has 0 aliphatic heterocycles. The molecule has 0 bridgehead atoms. The minimum Gasteiger partial charge on any atom is -0.389 e. The number of hydrogen-bond acceptors (Lipinski definition) is 2. The number of aliphatic hydroxyl groups is 1. The molecule has 0 aliphatic carbocycles. The average molecular weight is 281 g/mol. The van der Waals surface area contributed by atoms with Crippen LogP contribution in [0.3, 0.4) is 0 Å². The summed E-state index contributed by atoms with van der Waals surface area (Å²) in [7, 11) is 0. The standard InChI is InChI=1S/C12H13BrN2O/c1-8-6-14-15(7-8)10-3-4-11(9(2)16)12(13)5-10/h3-7,9,16H,1-2H3/t9-/m1/s1. The van der Waals surface area contributed by atoms with Gasteiger partial charge in [0.15, 0.2) is 0 Å². The van der Waals surface area contributed by atoms with Gasteiger partial charge in [0.2, 0.25) is 0 Å². The van der Waals surface area contributed by atoms with Crippen LogP contribution in [0.25, 0.3) is 5.69 Å². The Hall–Kier alpha value is -1.13. The van der Waals surface area contributed by atoms with Crippen molar-refractivity contribution in [3.05, 3.63) is 46.2 Å². The van der Waals surface area contributed by atoms with E-state index in [1.54, 1.807) is 6.92 Å². The van der Waals surface area contributed by atoms with Gasteiger partial charge in [0.25, 0.3) is 0 Å². The van der Waals surface area contributed by atoms with Gasteiger partial charge in [-0.3, -0.25) is 0 Å². The molecule has 0 spiro atoms. The number of nitrogens with zero attached hydrogens (tertiary/aromatic N) is 2. The highest BCUT2D eigenvalue weighted by molar-refractivity contribution is 9.10. The second-order valence-electron chi connectivity index (χ2n) is 3.84. The summed E-state index contributed by atoms with van der Waals surface area (Å²) in [4.78, 5) is 0. The summed E-state index contributed by atoms with van der Waals surface area (Å²) in [6, 6.07) is 5.80. The quantitative estimate of drug-likeness (QED) is 0.919. The van der Waals surface area contributed by atoms with E-state index >= 15 is 0 Å². The van der Waals surface area contributed by atoms with E-state index in [0.29, 0.717) is 0 Å². The first kappa shape index (κ1) is 11.4. The number of hydrogen-bond donors (Lipinski definition) is 1. The van der Waals surface area contributed by atoms with Gasteiger partial charge in [-0.05, 0) is 37.1 Å². The van der Waals surface area contributed by atoms with Crippen molar-refractivity contribution in [1.82, 2.24) is 9.78 Å². The van der Waals surface area contributed by atoms with Crippen molar-refractivity contribution in [3.8, 4) is 5.69 Å². The maximum absolute atomic E-state index is 9.52. The summed E-state index contributed by atoms with van der Waals surface area (Å²) in [5.41, 5.74) is 2.98. The molecule has 2 aromatic rings. The lowest BCUT2D eigenvalue weighted by Gasteiger charge is -2.09. The zero-order valence-electron chi connectivity index (χ0n) is 9.18. The smallest absolute Gasteiger partial charge is 0.0772 e. The lowest BCUT2D eigenvalue weighted by atomic mass is 10.1. The van der Waals surface area contributed by atoms with Gasteiger partial charge in [0, 0.05) is 10.7 Å². The van der Waals surface area contributed by atoms with E-state index < -0.39 is 6.10 Å². The Balaban J connectivity index is 2.42. The fraction of sp³-hybridized carbons (Fsp3) is 0.250. The summed E-state index contributed by atoms with van der Waals surface area (Å²) in [5, 5.41) is 13.8. The van der Waals surface area contributed by atoms with Gasteiger partial charge < -0.3 is 5.11 Å². The van der Waals surface area contributed by atoms with E-state index in [0.717, 1.165) is 21.3 Å². The predicted molar refractivity (Wildman–Crippen MR) is 66.6 cm³/mol. The van der Waals surface area contributed by atoms with Gasteiger partial charge >= 0.3 is 0 Å². The van der Waals surface area contributed by atoms with Gasteiger partial charge in [-0.15, -0.1) is 0 Å². The SMILES string of the molecule is Cc1cnn(-c2ccc([C@@H](C)O)c(Br)c2)c1. The maximum Gasteiger partial charge on any atom is 0.0772 e. The zero-order chi connectivity index (χ0) is 11.7. The number of aliphatic hydroxyl groups excluding tert-OH is 1. The van der Waals surface area contributed by atoms with Crippen LogP contribution < -0.4 is 0 Å². The van der Waals surface area contributed by atoms with E-state index in [9.17, 15) is 5.11 Å². The molecule has 4 heteroatoms. The summed E-state index contributed by atoms with van der Waals surface area (Å²) >= 11 is 3.45. The highest BCUT2D eigenvalue weighted by Gasteiger charge is 2.07. The molecule has 1 N–H and O–H groups in total. The third kappa shape index (κ3) is 2.18. The Morgan fingerprint density at radius 1 is 1.44 bits per heavy atom. The minimum atomic E-state index is -0.470. The fourth-order valence-corrected chi connectivity index (χ4v) is 2.25. The van der Waals surface area contributed by atoms with Crippen LogP contribution in [-0.2, 0) is 0 Å². The molecule has 0 radical (unpaired) electrons. The predicted octanol–water partition coefficient (Wildman–Crippen LogP) is 3.00. The minimum absolute atomic E-state index is 0.470. The van der Waals surface area contributed by atoms with Crippen LogP contribution in [0.4, 0.5) is 0 Å². The molecule has 1 atom stereocenters.